The third-order valence-corrected chi connectivity index (χ3v) is 8.08. The topological polar surface area (TPSA) is 109 Å². The highest BCUT2D eigenvalue weighted by Crippen LogP contribution is 2.41. The van der Waals surface area contributed by atoms with Gasteiger partial charge in [-0.3, -0.25) is 24.7 Å². The number of carbonyl (C=O) groups excluding carboxylic acids is 1. The molecule has 1 saturated carbocycles. The van der Waals surface area contributed by atoms with Gasteiger partial charge < -0.3 is 10.2 Å². The summed E-state index contributed by atoms with van der Waals surface area (Å²) in [7, 11) is 5.35. The van der Waals surface area contributed by atoms with Gasteiger partial charge in [0.25, 0.3) is 0 Å². The molecule has 2 aliphatic rings. The number of halogens is 1. The monoisotopic (exact) mass is 519 g/mol. The van der Waals surface area contributed by atoms with Gasteiger partial charge in [-0.25, -0.2) is 9.37 Å². The summed E-state index contributed by atoms with van der Waals surface area (Å²) in [6.45, 7) is 5.68. The van der Waals surface area contributed by atoms with Gasteiger partial charge in [0.1, 0.15) is 16.3 Å². The largest absolute Gasteiger partial charge is 0.351 e. The molecule has 35 heavy (non-hydrogen) atoms. The van der Waals surface area contributed by atoms with E-state index in [1.807, 2.05) is 17.6 Å². The van der Waals surface area contributed by atoms with Gasteiger partial charge in [-0.1, -0.05) is 5.57 Å². The summed E-state index contributed by atoms with van der Waals surface area (Å²) >= 11 is 2.42. The molecule has 2 aromatic rings. The lowest BCUT2D eigenvalue weighted by Gasteiger charge is -2.32. The van der Waals surface area contributed by atoms with Crippen molar-refractivity contribution in [3.8, 4) is 0 Å². The second kappa shape index (κ2) is 11.2. The molecule has 0 radical (unpaired) electrons. The Balaban J connectivity index is 0.000000623. The van der Waals surface area contributed by atoms with Crippen molar-refractivity contribution in [1.82, 2.24) is 24.3 Å². The average molecular weight is 520 g/mol. The summed E-state index contributed by atoms with van der Waals surface area (Å²) in [6.07, 6.45) is 6.40. The number of nitrogens with zero attached hydrogens (tertiary/aromatic N) is 3. The van der Waals surface area contributed by atoms with E-state index < -0.39 is 6.17 Å². The number of imidazole rings is 1. The third-order valence-electron chi connectivity index (χ3n) is 6.10. The van der Waals surface area contributed by atoms with Gasteiger partial charge in [-0.2, -0.15) is 0 Å². The van der Waals surface area contributed by atoms with E-state index in [9.17, 15) is 9.18 Å². The SMILES string of the molecule is CN(C)C=O.CNC1CC(c2cc(SNC3(C)CC3)cn3c(C(=N)SC(=N)C(C)F)ncc23)=C1C. The van der Waals surface area contributed by atoms with E-state index >= 15 is 0 Å². The zero-order chi connectivity index (χ0) is 25.9. The number of nitrogens with one attached hydrogen (secondary N) is 4. The second-order valence-corrected chi connectivity index (χ2v) is 11.3. The highest BCUT2D eigenvalue weighted by Gasteiger charge is 2.37. The van der Waals surface area contributed by atoms with Gasteiger partial charge in [0.2, 0.25) is 6.41 Å². The van der Waals surface area contributed by atoms with Gasteiger partial charge in [-0.05, 0) is 82.4 Å². The smallest absolute Gasteiger partial charge is 0.209 e. The van der Waals surface area contributed by atoms with Crippen LogP contribution < -0.4 is 10.0 Å². The van der Waals surface area contributed by atoms with E-state index in [0.29, 0.717) is 11.9 Å². The molecule has 2 aliphatic carbocycles. The number of hydrogen-bond acceptors (Lipinski definition) is 8. The zero-order valence-electron chi connectivity index (χ0n) is 21.0. The summed E-state index contributed by atoms with van der Waals surface area (Å²) in [5.41, 5.74) is 4.87. The predicted octanol–water partition coefficient (Wildman–Crippen LogP) is 4.35. The molecule has 1 fully saturated rings. The molecule has 4 N–H and O–H groups in total. The van der Waals surface area contributed by atoms with Gasteiger partial charge in [0.05, 0.1) is 11.7 Å². The zero-order valence-corrected chi connectivity index (χ0v) is 22.7. The van der Waals surface area contributed by atoms with E-state index in [1.54, 1.807) is 32.2 Å². The fraction of sp³-hybridized carbons (Fsp3) is 0.500. The van der Waals surface area contributed by atoms with Crippen LogP contribution in [0.25, 0.3) is 11.1 Å². The molecule has 0 aliphatic heterocycles. The Morgan fingerprint density at radius 1 is 1.40 bits per heavy atom. The molecule has 190 valence electrons. The Kier molecular flexibility index (Phi) is 8.79. The minimum absolute atomic E-state index is 0.0760. The number of likely N-dealkylation sites (N-methyl/N-ethyl adjacent to an activating group) is 1. The number of aromatic nitrogens is 2. The summed E-state index contributed by atoms with van der Waals surface area (Å²) in [5.74, 6) is 0.435. The first-order chi connectivity index (χ1) is 16.5. The van der Waals surface area contributed by atoms with Crippen molar-refractivity contribution in [2.24, 2.45) is 0 Å². The molecule has 2 heterocycles. The first kappa shape index (κ1) is 27.4. The van der Waals surface area contributed by atoms with Crippen LogP contribution in [-0.4, -0.2) is 69.7 Å². The van der Waals surface area contributed by atoms with Crippen LogP contribution in [0.3, 0.4) is 0 Å². The lowest BCUT2D eigenvalue weighted by molar-refractivity contribution is -0.115. The fourth-order valence-corrected chi connectivity index (χ4v) is 5.01. The first-order valence-electron chi connectivity index (χ1n) is 11.4. The Morgan fingerprint density at radius 3 is 2.57 bits per heavy atom. The predicted molar refractivity (Wildman–Crippen MR) is 144 cm³/mol. The van der Waals surface area contributed by atoms with Crippen LogP contribution in [0.2, 0.25) is 0 Å². The maximum atomic E-state index is 13.4. The molecule has 11 heteroatoms. The lowest BCUT2D eigenvalue weighted by Crippen LogP contribution is -2.34. The molecule has 4 rings (SSSR count). The number of hydrogen-bond donors (Lipinski definition) is 4. The molecule has 8 nitrogen and oxygen atoms in total. The Hall–Kier alpha value is -2.21. The van der Waals surface area contributed by atoms with E-state index in [-0.39, 0.29) is 15.6 Å². The van der Waals surface area contributed by atoms with Crippen molar-refractivity contribution in [3.05, 3.63) is 35.4 Å². The van der Waals surface area contributed by atoms with E-state index in [1.165, 1.54) is 35.8 Å². The van der Waals surface area contributed by atoms with Crippen LogP contribution in [0.15, 0.2) is 28.9 Å². The minimum Gasteiger partial charge on any atom is -0.351 e. The van der Waals surface area contributed by atoms with Gasteiger partial charge in [-0.15, -0.1) is 0 Å². The normalized spacial score (nSPS) is 18.9. The second-order valence-electron chi connectivity index (χ2n) is 9.38. The van der Waals surface area contributed by atoms with Gasteiger partial charge >= 0.3 is 0 Å². The van der Waals surface area contributed by atoms with Gasteiger partial charge in [0.15, 0.2) is 5.82 Å². The van der Waals surface area contributed by atoms with Crippen molar-refractivity contribution < 1.29 is 9.18 Å². The van der Waals surface area contributed by atoms with Crippen molar-refractivity contribution in [3.63, 3.8) is 0 Å². The highest BCUT2D eigenvalue weighted by molar-refractivity contribution is 8.26. The highest BCUT2D eigenvalue weighted by atomic mass is 32.2. The summed E-state index contributed by atoms with van der Waals surface area (Å²) < 4.78 is 18.9. The third kappa shape index (κ3) is 6.52. The van der Waals surface area contributed by atoms with Crippen LogP contribution in [0.1, 0.15) is 51.4 Å². The van der Waals surface area contributed by atoms with E-state index in [0.717, 1.165) is 40.6 Å². The molecular weight excluding hydrogens is 485 g/mol. The van der Waals surface area contributed by atoms with E-state index in [4.69, 9.17) is 10.8 Å². The molecule has 0 spiro atoms. The quantitative estimate of drug-likeness (QED) is 0.179. The molecule has 2 aromatic heterocycles. The van der Waals surface area contributed by atoms with Crippen molar-refractivity contribution >= 4 is 51.3 Å². The lowest BCUT2D eigenvalue weighted by atomic mass is 9.80. The number of rotatable bonds is 8. The number of carbonyl (C=O) groups is 1. The summed E-state index contributed by atoms with van der Waals surface area (Å²) in [5, 5.41) is 19.4. The number of pyridine rings is 1. The van der Waals surface area contributed by atoms with Crippen LogP contribution in [0.4, 0.5) is 4.39 Å². The van der Waals surface area contributed by atoms with Crippen molar-refractivity contribution in [2.75, 3.05) is 21.1 Å². The Bertz CT molecular complexity index is 1150. The number of alkyl halides is 1. The number of thioether (sulfide) groups is 1. The maximum absolute atomic E-state index is 13.4. The molecule has 2 unspecified atom stereocenters. The standard InChI is InChI=1S/C21H27FN6S2.C3H7NO/c1-11-14(8-16(11)25-4)15-7-13(30-27-21(3)5-6-21)10-28-17(15)9-26-20(28)19(24)29-18(23)12(2)22;1-4(2)3-5/h7,9-10,12,16,23-25,27H,5-6,8H2,1-4H3;3H,1-2H3. The molecule has 0 bridgehead atoms. The van der Waals surface area contributed by atoms with Crippen molar-refractivity contribution in [1.29, 1.82) is 10.8 Å². The molecule has 0 aromatic carbocycles. The maximum Gasteiger partial charge on any atom is 0.209 e. The molecule has 2 atom stereocenters. The molecule has 1 amide bonds. The van der Waals surface area contributed by atoms with E-state index in [2.05, 4.69) is 34.9 Å². The average Bonchev–Trinajstić information content (AvgIpc) is 3.39. The van der Waals surface area contributed by atoms with Gasteiger partial charge in [0, 0.05) is 42.3 Å². The number of fused-ring (bicyclic) bond motifs is 1. The number of amides is 1. The fourth-order valence-electron chi connectivity index (χ4n) is 3.48. The summed E-state index contributed by atoms with van der Waals surface area (Å²) in [4.78, 5) is 16.4. The van der Waals surface area contributed by atoms with Crippen molar-refractivity contribution in [2.45, 2.75) is 62.7 Å². The molecule has 0 saturated heterocycles. The van der Waals surface area contributed by atoms with Crippen LogP contribution in [0.5, 0.6) is 0 Å². The Morgan fingerprint density at radius 2 is 2.06 bits per heavy atom. The Labute approximate surface area is 214 Å². The van der Waals surface area contributed by atoms with Crippen LogP contribution >= 0.6 is 23.7 Å². The molecular formula is C24H34FN7OS2. The van der Waals surface area contributed by atoms with Crippen LogP contribution in [-0.2, 0) is 4.79 Å². The minimum atomic E-state index is -1.40. The summed E-state index contributed by atoms with van der Waals surface area (Å²) in [6, 6.07) is 2.58. The first-order valence-corrected chi connectivity index (χ1v) is 13.1. The van der Waals surface area contributed by atoms with Crippen LogP contribution in [0, 0.1) is 10.8 Å².